The van der Waals surface area contributed by atoms with E-state index in [1.165, 1.54) is 18.3 Å². The number of rotatable bonds is 4. The molecule has 0 aliphatic rings. The van der Waals surface area contributed by atoms with E-state index in [-0.39, 0.29) is 23.1 Å². The number of nitro groups is 1. The lowest BCUT2D eigenvalue weighted by molar-refractivity contribution is -0.386. The molecule has 1 aromatic carbocycles. The Balaban J connectivity index is 2.24. The first-order valence-corrected chi connectivity index (χ1v) is 6.89. The third-order valence-corrected chi connectivity index (χ3v) is 3.39. The van der Waals surface area contributed by atoms with Gasteiger partial charge in [0.2, 0.25) is 5.75 Å². The fourth-order valence-electron chi connectivity index (χ4n) is 1.47. The van der Waals surface area contributed by atoms with Crippen LogP contribution in [0, 0.1) is 10.1 Å². The number of hydrogen-bond donors (Lipinski definition) is 0. The Kier molecular flexibility index (Phi) is 4.80. The van der Waals surface area contributed by atoms with Crippen LogP contribution < -0.4 is 4.74 Å². The summed E-state index contributed by atoms with van der Waals surface area (Å²) in [5.41, 5.74) is 0.539. The van der Waals surface area contributed by atoms with E-state index in [1.807, 2.05) is 0 Å². The molecule has 0 aliphatic carbocycles. The van der Waals surface area contributed by atoms with E-state index in [0.717, 1.165) is 5.56 Å². The van der Waals surface area contributed by atoms with Crippen LogP contribution in [0.2, 0.25) is 10.2 Å². The second-order valence-corrected chi connectivity index (χ2v) is 5.45. The summed E-state index contributed by atoms with van der Waals surface area (Å²) in [7, 11) is 0. The highest BCUT2D eigenvalue weighted by atomic mass is 79.9. The van der Waals surface area contributed by atoms with Gasteiger partial charge in [-0.3, -0.25) is 10.1 Å². The SMILES string of the molecule is O=[N+]([O-])c1cc(Cl)cc(Br)c1OCc1ccc(Cl)nc1. The number of halogens is 3. The van der Waals surface area contributed by atoms with E-state index in [4.69, 9.17) is 27.9 Å². The number of ether oxygens (including phenoxy) is 1. The molecule has 0 radical (unpaired) electrons. The van der Waals surface area contributed by atoms with E-state index in [1.54, 1.807) is 12.1 Å². The Morgan fingerprint density at radius 2 is 2.10 bits per heavy atom. The van der Waals surface area contributed by atoms with Gasteiger partial charge in [0.05, 0.1) is 9.40 Å². The van der Waals surface area contributed by atoms with Gasteiger partial charge in [-0.15, -0.1) is 0 Å². The number of nitrogens with zero attached hydrogens (tertiary/aromatic N) is 2. The van der Waals surface area contributed by atoms with Crippen molar-refractivity contribution in [3.8, 4) is 5.75 Å². The molecule has 5 nitrogen and oxygen atoms in total. The Bertz CT molecular complexity index is 650. The minimum Gasteiger partial charge on any atom is -0.481 e. The Morgan fingerprint density at radius 3 is 2.70 bits per heavy atom. The first-order chi connectivity index (χ1) is 9.47. The summed E-state index contributed by atoms with van der Waals surface area (Å²) in [6.07, 6.45) is 1.54. The second kappa shape index (κ2) is 6.39. The number of nitro benzene ring substituents is 1. The van der Waals surface area contributed by atoms with Crippen LogP contribution in [0.5, 0.6) is 5.75 Å². The topological polar surface area (TPSA) is 65.3 Å². The summed E-state index contributed by atoms with van der Waals surface area (Å²) >= 11 is 14.7. The minimum absolute atomic E-state index is 0.120. The third-order valence-electron chi connectivity index (χ3n) is 2.36. The summed E-state index contributed by atoms with van der Waals surface area (Å²) in [6.45, 7) is 0.130. The van der Waals surface area contributed by atoms with Crippen LogP contribution in [0.1, 0.15) is 5.56 Å². The lowest BCUT2D eigenvalue weighted by Crippen LogP contribution is -2.00. The molecule has 0 unspecified atom stereocenters. The maximum Gasteiger partial charge on any atom is 0.313 e. The number of benzene rings is 1. The zero-order chi connectivity index (χ0) is 14.7. The molecule has 0 atom stereocenters. The Labute approximate surface area is 132 Å². The largest absolute Gasteiger partial charge is 0.481 e. The van der Waals surface area contributed by atoms with E-state index >= 15 is 0 Å². The van der Waals surface area contributed by atoms with Crippen LogP contribution in [-0.4, -0.2) is 9.91 Å². The highest BCUT2D eigenvalue weighted by Crippen LogP contribution is 2.38. The second-order valence-electron chi connectivity index (χ2n) is 3.77. The van der Waals surface area contributed by atoms with Crippen molar-refractivity contribution in [1.82, 2.24) is 4.98 Å². The van der Waals surface area contributed by atoms with Gasteiger partial charge < -0.3 is 4.74 Å². The zero-order valence-electron chi connectivity index (χ0n) is 9.85. The number of pyridine rings is 1. The average Bonchev–Trinajstić information content (AvgIpc) is 2.38. The van der Waals surface area contributed by atoms with Crippen LogP contribution in [-0.2, 0) is 6.61 Å². The lowest BCUT2D eigenvalue weighted by atomic mass is 10.3. The summed E-state index contributed by atoms with van der Waals surface area (Å²) in [4.78, 5) is 14.4. The van der Waals surface area contributed by atoms with Crippen molar-refractivity contribution >= 4 is 44.8 Å². The van der Waals surface area contributed by atoms with Crippen LogP contribution in [0.25, 0.3) is 0 Å². The van der Waals surface area contributed by atoms with Gasteiger partial charge in [-0.05, 0) is 28.1 Å². The molecule has 0 saturated heterocycles. The van der Waals surface area contributed by atoms with Gasteiger partial charge in [0.25, 0.3) is 0 Å². The van der Waals surface area contributed by atoms with Gasteiger partial charge in [0.15, 0.2) is 0 Å². The molecule has 0 N–H and O–H groups in total. The summed E-state index contributed by atoms with van der Waals surface area (Å²) in [5, 5.41) is 11.6. The summed E-state index contributed by atoms with van der Waals surface area (Å²) in [6, 6.07) is 6.11. The van der Waals surface area contributed by atoms with Crippen molar-refractivity contribution in [3.63, 3.8) is 0 Å². The van der Waals surface area contributed by atoms with Gasteiger partial charge in [-0.1, -0.05) is 29.3 Å². The molecular formula is C12H7BrCl2N2O3. The highest BCUT2D eigenvalue weighted by Gasteiger charge is 2.20. The van der Waals surface area contributed by atoms with Crippen molar-refractivity contribution in [2.24, 2.45) is 0 Å². The molecule has 20 heavy (non-hydrogen) atoms. The fraction of sp³-hybridized carbons (Fsp3) is 0.0833. The molecular weight excluding hydrogens is 371 g/mol. The van der Waals surface area contributed by atoms with Crippen molar-refractivity contribution in [2.45, 2.75) is 6.61 Å². The molecule has 1 heterocycles. The molecule has 2 rings (SSSR count). The molecule has 0 amide bonds. The van der Waals surface area contributed by atoms with Gasteiger partial charge in [-0.25, -0.2) is 4.98 Å². The first kappa shape index (κ1) is 15.0. The number of hydrogen-bond acceptors (Lipinski definition) is 4. The van der Waals surface area contributed by atoms with Gasteiger partial charge >= 0.3 is 5.69 Å². The van der Waals surface area contributed by atoms with Gasteiger partial charge in [0.1, 0.15) is 11.8 Å². The molecule has 2 aromatic rings. The molecule has 0 spiro atoms. The molecule has 0 saturated carbocycles. The van der Waals surface area contributed by atoms with E-state index in [9.17, 15) is 10.1 Å². The van der Waals surface area contributed by atoms with Crippen LogP contribution in [0.4, 0.5) is 5.69 Å². The van der Waals surface area contributed by atoms with E-state index < -0.39 is 4.92 Å². The van der Waals surface area contributed by atoms with Crippen molar-refractivity contribution in [1.29, 1.82) is 0 Å². The summed E-state index contributed by atoms with van der Waals surface area (Å²) < 4.78 is 5.90. The average molecular weight is 378 g/mol. The van der Waals surface area contributed by atoms with Crippen LogP contribution in [0.3, 0.4) is 0 Å². The monoisotopic (exact) mass is 376 g/mol. The van der Waals surface area contributed by atoms with E-state index in [0.29, 0.717) is 9.63 Å². The maximum absolute atomic E-state index is 11.0. The van der Waals surface area contributed by atoms with Gasteiger partial charge in [-0.2, -0.15) is 0 Å². The van der Waals surface area contributed by atoms with Crippen molar-refractivity contribution < 1.29 is 9.66 Å². The predicted molar refractivity (Wildman–Crippen MR) is 79.4 cm³/mol. The van der Waals surface area contributed by atoms with Crippen LogP contribution in [0.15, 0.2) is 34.9 Å². The molecule has 104 valence electrons. The normalized spacial score (nSPS) is 10.3. The summed E-state index contributed by atoms with van der Waals surface area (Å²) in [5.74, 6) is 0.120. The van der Waals surface area contributed by atoms with E-state index in [2.05, 4.69) is 20.9 Å². The van der Waals surface area contributed by atoms with Gasteiger partial charge in [0, 0.05) is 22.8 Å². The lowest BCUT2D eigenvalue weighted by Gasteiger charge is -2.09. The molecule has 8 heteroatoms. The maximum atomic E-state index is 11.0. The Morgan fingerprint density at radius 1 is 1.35 bits per heavy atom. The smallest absolute Gasteiger partial charge is 0.313 e. The molecule has 0 fully saturated rings. The molecule has 0 aliphatic heterocycles. The zero-order valence-corrected chi connectivity index (χ0v) is 12.9. The van der Waals surface area contributed by atoms with Crippen LogP contribution >= 0.6 is 39.1 Å². The number of aromatic nitrogens is 1. The Hall–Kier alpha value is -1.37. The standard InChI is InChI=1S/C12H7BrCl2N2O3/c13-9-3-8(14)4-10(17(18)19)12(9)20-6-7-1-2-11(15)16-5-7/h1-5H,6H2. The predicted octanol–water partition coefficient (Wildman–Crippen LogP) is 4.64. The van der Waals surface area contributed by atoms with Crippen molar-refractivity contribution in [2.75, 3.05) is 0 Å². The fourth-order valence-corrected chi connectivity index (χ4v) is 2.49. The third kappa shape index (κ3) is 3.59. The van der Waals surface area contributed by atoms with Crippen molar-refractivity contribution in [3.05, 3.63) is 60.8 Å². The first-order valence-electron chi connectivity index (χ1n) is 5.34. The molecule has 0 bridgehead atoms. The highest BCUT2D eigenvalue weighted by molar-refractivity contribution is 9.10. The quantitative estimate of drug-likeness (QED) is 0.442. The minimum atomic E-state index is -0.550. The molecule has 1 aromatic heterocycles.